The number of nitrogens with one attached hydrogen (secondary N) is 1. The van der Waals surface area contributed by atoms with E-state index in [4.69, 9.17) is 4.74 Å². The van der Waals surface area contributed by atoms with Crippen LogP contribution in [0.2, 0.25) is 0 Å². The number of ether oxygens (including phenoxy) is 1. The normalized spacial score (nSPS) is 45.3. The number of alkyl halides is 1. The molecule has 2 bridgehead atoms. The van der Waals surface area contributed by atoms with Crippen molar-refractivity contribution in [2.45, 2.75) is 87.5 Å². The molecule has 1 aromatic heterocycles. The van der Waals surface area contributed by atoms with E-state index in [0.717, 1.165) is 28.8 Å². The van der Waals surface area contributed by atoms with E-state index in [9.17, 15) is 10.2 Å². The first kappa shape index (κ1) is 23.1. The van der Waals surface area contributed by atoms with Crippen LogP contribution in [0.25, 0.3) is 16.6 Å². The van der Waals surface area contributed by atoms with Crippen LogP contribution in [0.3, 0.4) is 0 Å². The highest BCUT2D eigenvalue weighted by Gasteiger charge is 2.74. The molecule has 36 heavy (non-hydrogen) atoms. The van der Waals surface area contributed by atoms with Crippen molar-refractivity contribution in [2.24, 2.45) is 11.3 Å². The maximum atomic E-state index is 17.1. The number of hydrogen-bond donors (Lipinski definition) is 3. The third kappa shape index (κ3) is 2.67. The van der Waals surface area contributed by atoms with Gasteiger partial charge in [-0.2, -0.15) is 0 Å². The van der Waals surface area contributed by atoms with Crippen molar-refractivity contribution in [2.75, 3.05) is 14.1 Å². The molecule has 7 rings (SSSR count). The molecular weight excluding hydrogens is 457 g/mol. The average molecular weight is 494 g/mol. The van der Waals surface area contributed by atoms with E-state index in [1.165, 1.54) is 5.57 Å². The monoisotopic (exact) mass is 493 g/mol. The topological polar surface area (TPSA) is 81.6 Å². The summed E-state index contributed by atoms with van der Waals surface area (Å²) in [5.74, 6) is 0.907. The number of hydrogen-bond acceptors (Lipinski definition) is 5. The number of fused-ring (bicyclic) bond motifs is 2. The van der Waals surface area contributed by atoms with Crippen LogP contribution < -0.4 is 0 Å². The van der Waals surface area contributed by atoms with E-state index in [-0.39, 0.29) is 17.4 Å². The number of aliphatic hydroxyl groups is 2. The number of benzene rings is 1. The molecule has 8 atom stereocenters. The number of H-pyrrole nitrogens is 1. The highest BCUT2D eigenvalue weighted by Crippen LogP contribution is 2.71. The number of allylic oxidation sites excluding steroid dienone is 2. The SMILES string of the molecule is Cc1nc2cc(C3=CCC4[C@@]56CC[C@]7(C[C@H](N(C)C)[C@@H](O)[C@H](O)C7=CC5(F)CC[C@]34C)O6)ccc2[nH]1. The van der Waals surface area contributed by atoms with Crippen LogP contribution in [0.4, 0.5) is 4.39 Å². The number of aromatic nitrogens is 2. The minimum absolute atomic E-state index is 0.00865. The van der Waals surface area contributed by atoms with Crippen LogP contribution in [0, 0.1) is 18.3 Å². The fourth-order valence-corrected chi connectivity index (χ4v) is 8.73. The number of aliphatic hydroxyl groups excluding tert-OH is 2. The molecule has 192 valence electrons. The van der Waals surface area contributed by atoms with Crippen LogP contribution in [0.1, 0.15) is 56.8 Å². The molecule has 5 aliphatic rings. The molecule has 2 spiro atoms. The molecule has 2 aromatic rings. The second-order valence-electron chi connectivity index (χ2n) is 12.5. The van der Waals surface area contributed by atoms with Gasteiger partial charge < -0.3 is 24.8 Å². The Morgan fingerprint density at radius 1 is 1.17 bits per heavy atom. The summed E-state index contributed by atoms with van der Waals surface area (Å²) in [6.45, 7) is 4.26. The standard InChI is InChI=1S/C29H36FN3O3/c1-16-31-20-7-5-17(13-21(20)32-16)18-6-8-23-26(18,2)9-11-28(30)14-19-24(34)25(35)22(33(3)4)15-27(19)10-12-29(23,28)36-27/h5-7,13-14,22-25,34-35H,8-12,15H2,1-4H3,(H,31,32)/t22-,23?,24+,25+,26+,27+,28?,29-/m0/s1. The van der Waals surface area contributed by atoms with Crippen molar-refractivity contribution in [1.29, 1.82) is 0 Å². The summed E-state index contributed by atoms with van der Waals surface area (Å²) < 4.78 is 24.2. The lowest BCUT2D eigenvalue weighted by Crippen LogP contribution is -2.68. The molecule has 7 heteroatoms. The van der Waals surface area contributed by atoms with Gasteiger partial charge in [-0.3, -0.25) is 0 Å². The van der Waals surface area contributed by atoms with Gasteiger partial charge in [0, 0.05) is 12.0 Å². The van der Waals surface area contributed by atoms with E-state index >= 15 is 4.39 Å². The maximum Gasteiger partial charge on any atom is 0.158 e. The van der Waals surface area contributed by atoms with E-state index < -0.39 is 29.1 Å². The zero-order chi connectivity index (χ0) is 25.3. The van der Waals surface area contributed by atoms with Crippen molar-refractivity contribution in [3.05, 3.63) is 47.3 Å². The van der Waals surface area contributed by atoms with Crippen molar-refractivity contribution >= 4 is 16.6 Å². The highest BCUT2D eigenvalue weighted by atomic mass is 19.1. The molecule has 0 amide bonds. The first-order chi connectivity index (χ1) is 17.0. The summed E-state index contributed by atoms with van der Waals surface area (Å²) >= 11 is 0. The van der Waals surface area contributed by atoms with Crippen LogP contribution in [-0.4, -0.2) is 74.3 Å². The first-order valence-electron chi connectivity index (χ1n) is 13.3. The van der Waals surface area contributed by atoms with Crippen LogP contribution in [0.5, 0.6) is 0 Å². The molecule has 2 saturated carbocycles. The third-order valence-corrected chi connectivity index (χ3v) is 10.6. The smallest absolute Gasteiger partial charge is 0.158 e. The Balaban J connectivity index is 1.30. The Morgan fingerprint density at radius 2 is 1.97 bits per heavy atom. The van der Waals surface area contributed by atoms with Gasteiger partial charge >= 0.3 is 0 Å². The Morgan fingerprint density at radius 3 is 2.75 bits per heavy atom. The summed E-state index contributed by atoms with van der Waals surface area (Å²) in [7, 11) is 3.84. The van der Waals surface area contributed by atoms with E-state index in [1.54, 1.807) is 6.08 Å². The minimum atomic E-state index is -1.65. The number of likely N-dealkylation sites (N-methyl/N-ethyl adjacent to an activating group) is 1. The Kier molecular flexibility index (Phi) is 4.53. The lowest BCUT2D eigenvalue weighted by Gasteiger charge is -2.60. The number of aryl methyl sites for hydroxylation is 1. The van der Waals surface area contributed by atoms with E-state index in [1.807, 2.05) is 25.9 Å². The number of rotatable bonds is 2. The summed E-state index contributed by atoms with van der Waals surface area (Å²) in [6, 6.07) is 6.17. The molecule has 6 nitrogen and oxygen atoms in total. The molecular formula is C29H36FN3O3. The predicted molar refractivity (Wildman–Crippen MR) is 136 cm³/mol. The first-order valence-corrected chi connectivity index (χ1v) is 13.3. The van der Waals surface area contributed by atoms with Gasteiger partial charge in [-0.05, 0) is 99.9 Å². The fourth-order valence-electron chi connectivity index (χ4n) is 8.73. The van der Waals surface area contributed by atoms with Crippen molar-refractivity contribution in [3.63, 3.8) is 0 Å². The Labute approximate surface area is 211 Å². The van der Waals surface area contributed by atoms with Gasteiger partial charge in [0.1, 0.15) is 17.5 Å². The number of nitrogens with zero attached hydrogens (tertiary/aromatic N) is 2. The van der Waals surface area contributed by atoms with Crippen LogP contribution in [0.15, 0.2) is 35.9 Å². The van der Waals surface area contributed by atoms with Gasteiger partial charge in [-0.25, -0.2) is 9.37 Å². The molecule has 1 saturated heterocycles. The molecule has 0 radical (unpaired) electrons. The van der Waals surface area contributed by atoms with Gasteiger partial charge in [-0.15, -0.1) is 0 Å². The lowest BCUT2D eigenvalue weighted by atomic mass is 9.53. The molecule has 3 fully saturated rings. The largest absolute Gasteiger partial charge is 0.388 e. The number of halogens is 1. The van der Waals surface area contributed by atoms with E-state index in [0.29, 0.717) is 37.7 Å². The van der Waals surface area contributed by atoms with Gasteiger partial charge in [0.25, 0.3) is 0 Å². The summed E-state index contributed by atoms with van der Waals surface area (Å²) in [5.41, 5.74) is 1.49. The molecule has 3 N–H and O–H groups in total. The highest BCUT2D eigenvalue weighted by molar-refractivity contribution is 5.83. The summed E-state index contributed by atoms with van der Waals surface area (Å²) in [6.07, 6.45) is 5.65. The van der Waals surface area contributed by atoms with E-state index in [2.05, 4.69) is 41.2 Å². The second-order valence-corrected chi connectivity index (χ2v) is 12.5. The van der Waals surface area contributed by atoms with Crippen molar-refractivity contribution < 1.29 is 19.3 Å². The number of imidazole rings is 1. The lowest BCUT2D eigenvalue weighted by molar-refractivity contribution is -0.239. The predicted octanol–water partition coefficient (Wildman–Crippen LogP) is 4.07. The molecule has 2 unspecified atom stereocenters. The summed E-state index contributed by atoms with van der Waals surface area (Å²) in [5, 5.41) is 22.0. The van der Waals surface area contributed by atoms with Crippen molar-refractivity contribution in [3.8, 4) is 0 Å². The minimum Gasteiger partial charge on any atom is -0.388 e. The molecule has 3 heterocycles. The van der Waals surface area contributed by atoms with Gasteiger partial charge in [-0.1, -0.05) is 19.1 Å². The molecule has 3 aliphatic carbocycles. The third-order valence-electron chi connectivity index (χ3n) is 10.6. The Bertz CT molecular complexity index is 1330. The van der Waals surface area contributed by atoms with Crippen LogP contribution >= 0.6 is 0 Å². The average Bonchev–Trinajstić information content (AvgIpc) is 3.49. The van der Waals surface area contributed by atoms with Gasteiger partial charge in [0.2, 0.25) is 0 Å². The Hall–Kier alpha value is -2.06. The maximum absolute atomic E-state index is 17.1. The van der Waals surface area contributed by atoms with Crippen LogP contribution in [-0.2, 0) is 4.74 Å². The zero-order valence-electron chi connectivity index (χ0n) is 21.5. The molecule has 1 aromatic carbocycles. The summed E-state index contributed by atoms with van der Waals surface area (Å²) in [4.78, 5) is 9.90. The second kappa shape index (κ2) is 7.07. The fraction of sp³-hybridized carbons (Fsp3) is 0.621. The number of aromatic amines is 1. The van der Waals surface area contributed by atoms with Gasteiger partial charge in [0.05, 0.1) is 22.7 Å². The van der Waals surface area contributed by atoms with Gasteiger partial charge in [0.15, 0.2) is 5.67 Å². The zero-order valence-corrected chi connectivity index (χ0v) is 21.5. The molecule has 2 aliphatic heterocycles. The van der Waals surface area contributed by atoms with Crippen molar-refractivity contribution in [1.82, 2.24) is 14.9 Å². The quantitative estimate of drug-likeness (QED) is 0.550.